The van der Waals surface area contributed by atoms with Gasteiger partial charge in [0, 0.05) is 42.1 Å². The highest BCUT2D eigenvalue weighted by Gasteiger charge is 2.28. The van der Waals surface area contributed by atoms with Gasteiger partial charge < -0.3 is 19.1 Å². The van der Waals surface area contributed by atoms with Gasteiger partial charge in [0.05, 0.1) is 18.5 Å². The van der Waals surface area contributed by atoms with E-state index in [9.17, 15) is 4.79 Å². The zero-order chi connectivity index (χ0) is 22.2. The predicted molar refractivity (Wildman–Crippen MR) is 119 cm³/mol. The molecule has 0 unspecified atom stereocenters. The third-order valence-corrected chi connectivity index (χ3v) is 5.86. The molecule has 0 bridgehead atoms. The topological polar surface area (TPSA) is 73.8 Å². The number of carbonyl (C=O) groups is 1. The van der Waals surface area contributed by atoms with Crippen LogP contribution < -0.4 is 14.2 Å². The van der Waals surface area contributed by atoms with Crippen molar-refractivity contribution in [3.8, 4) is 28.5 Å². The fraction of sp³-hybridized carbons (Fsp3) is 0.320. The van der Waals surface area contributed by atoms with E-state index in [2.05, 4.69) is 13.8 Å². The van der Waals surface area contributed by atoms with Crippen LogP contribution in [-0.4, -0.2) is 41.2 Å². The summed E-state index contributed by atoms with van der Waals surface area (Å²) in [4.78, 5) is 24.9. The minimum atomic E-state index is -0.0393. The molecule has 32 heavy (non-hydrogen) atoms. The van der Waals surface area contributed by atoms with E-state index in [4.69, 9.17) is 24.2 Å². The molecule has 7 heteroatoms. The largest absolute Gasteiger partial charge is 0.497 e. The number of methoxy groups -OCH3 is 1. The van der Waals surface area contributed by atoms with E-state index in [1.807, 2.05) is 29.2 Å². The lowest BCUT2D eigenvalue weighted by molar-refractivity contribution is 0.0733. The van der Waals surface area contributed by atoms with E-state index >= 15 is 0 Å². The Kier molecular flexibility index (Phi) is 5.17. The molecule has 1 aromatic heterocycles. The lowest BCUT2D eigenvalue weighted by Crippen LogP contribution is -2.37. The highest BCUT2D eigenvalue weighted by molar-refractivity contribution is 5.95. The molecule has 0 spiro atoms. The second kappa shape index (κ2) is 8.15. The van der Waals surface area contributed by atoms with Crippen LogP contribution in [0, 0.1) is 0 Å². The number of ether oxygens (including phenoxy) is 3. The minimum absolute atomic E-state index is 0.0393. The molecule has 5 rings (SSSR count). The Bertz CT molecular complexity index is 1170. The highest BCUT2D eigenvalue weighted by Crippen LogP contribution is 2.34. The molecule has 0 atom stereocenters. The van der Waals surface area contributed by atoms with Gasteiger partial charge in [0.1, 0.15) is 11.6 Å². The molecule has 0 saturated heterocycles. The van der Waals surface area contributed by atoms with E-state index in [0.29, 0.717) is 36.6 Å². The molecule has 0 aliphatic carbocycles. The average Bonchev–Trinajstić information content (AvgIpc) is 3.30. The summed E-state index contributed by atoms with van der Waals surface area (Å²) in [6.45, 7) is 5.44. The molecular weight excluding hydrogens is 406 g/mol. The summed E-state index contributed by atoms with van der Waals surface area (Å²) >= 11 is 0. The van der Waals surface area contributed by atoms with Crippen LogP contribution in [0.4, 0.5) is 0 Å². The van der Waals surface area contributed by atoms with Crippen molar-refractivity contribution >= 4 is 5.91 Å². The minimum Gasteiger partial charge on any atom is -0.497 e. The summed E-state index contributed by atoms with van der Waals surface area (Å²) in [5.41, 5.74) is 4.47. The standard InChI is InChI=1S/C25H25N3O4/c1-15(2)24-26-20-10-11-28(25(29)17-6-9-21-22(12-17)32-14-31-21)13-19(20)23(27-24)16-4-7-18(30-3)8-5-16/h4-9,12,15H,10-11,13-14H2,1-3H3. The normalized spacial score (nSPS) is 14.4. The highest BCUT2D eigenvalue weighted by atomic mass is 16.7. The van der Waals surface area contributed by atoms with Crippen molar-refractivity contribution in [1.29, 1.82) is 0 Å². The maximum absolute atomic E-state index is 13.3. The van der Waals surface area contributed by atoms with Gasteiger partial charge in [-0.2, -0.15) is 0 Å². The van der Waals surface area contributed by atoms with Gasteiger partial charge in [0.25, 0.3) is 5.91 Å². The lowest BCUT2D eigenvalue weighted by Gasteiger charge is -2.30. The van der Waals surface area contributed by atoms with Gasteiger partial charge in [-0.15, -0.1) is 0 Å². The summed E-state index contributed by atoms with van der Waals surface area (Å²) in [5, 5.41) is 0. The molecule has 2 aliphatic rings. The van der Waals surface area contributed by atoms with Crippen molar-refractivity contribution < 1.29 is 19.0 Å². The number of nitrogens with zero attached hydrogens (tertiary/aromatic N) is 3. The van der Waals surface area contributed by atoms with Crippen LogP contribution >= 0.6 is 0 Å². The molecule has 0 radical (unpaired) electrons. The Labute approximate surface area is 187 Å². The summed E-state index contributed by atoms with van der Waals surface area (Å²) in [6.07, 6.45) is 0.691. The van der Waals surface area contributed by atoms with Crippen LogP contribution in [0.15, 0.2) is 42.5 Å². The van der Waals surface area contributed by atoms with Crippen molar-refractivity contribution in [2.24, 2.45) is 0 Å². The predicted octanol–water partition coefficient (Wildman–Crippen LogP) is 4.20. The lowest BCUT2D eigenvalue weighted by atomic mass is 9.97. The molecule has 2 aliphatic heterocycles. The number of hydrogen-bond donors (Lipinski definition) is 0. The van der Waals surface area contributed by atoms with Crippen LogP contribution in [-0.2, 0) is 13.0 Å². The van der Waals surface area contributed by atoms with Gasteiger partial charge in [-0.25, -0.2) is 9.97 Å². The third-order valence-electron chi connectivity index (χ3n) is 5.86. The number of carbonyl (C=O) groups excluding carboxylic acids is 1. The number of fused-ring (bicyclic) bond motifs is 2. The monoisotopic (exact) mass is 431 g/mol. The van der Waals surface area contributed by atoms with Crippen molar-refractivity contribution in [1.82, 2.24) is 14.9 Å². The van der Waals surface area contributed by atoms with E-state index in [1.54, 1.807) is 25.3 Å². The van der Waals surface area contributed by atoms with Crippen molar-refractivity contribution in [3.63, 3.8) is 0 Å². The quantitative estimate of drug-likeness (QED) is 0.616. The van der Waals surface area contributed by atoms with Gasteiger partial charge in [0.15, 0.2) is 11.5 Å². The van der Waals surface area contributed by atoms with E-state index < -0.39 is 0 Å². The maximum Gasteiger partial charge on any atom is 0.254 e. The molecule has 0 saturated carbocycles. The first-order chi connectivity index (χ1) is 15.5. The van der Waals surface area contributed by atoms with Crippen LogP contribution in [0.5, 0.6) is 17.2 Å². The first kappa shape index (κ1) is 20.3. The molecule has 7 nitrogen and oxygen atoms in total. The number of aromatic nitrogens is 2. The molecule has 3 aromatic rings. The van der Waals surface area contributed by atoms with Gasteiger partial charge in [-0.1, -0.05) is 13.8 Å². The zero-order valence-corrected chi connectivity index (χ0v) is 18.4. The summed E-state index contributed by atoms with van der Waals surface area (Å²) in [6, 6.07) is 13.2. The number of amides is 1. The smallest absolute Gasteiger partial charge is 0.254 e. The molecule has 0 fully saturated rings. The molecule has 2 aromatic carbocycles. The molecule has 1 amide bonds. The first-order valence-electron chi connectivity index (χ1n) is 10.8. The third kappa shape index (κ3) is 3.64. The number of hydrogen-bond acceptors (Lipinski definition) is 6. The van der Waals surface area contributed by atoms with Crippen molar-refractivity contribution in [2.45, 2.75) is 32.7 Å². The molecule has 3 heterocycles. The number of benzene rings is 2. The van der Waals surface area contributed by atoms with Gasteiger partial charge in [-0.05, 0) is 42.5 Å². The second-order valence-corrected chi connectivity index (χ2v) is 8.28. The van der Waals surface area contributed by atoms with Crippen molar-refractivity contribution in [3.05, 3.63) is 65.1 Å². The fourth-order valence-electron chi connectivity index (χ4n) is 4.06. The Balaban J connectivity index is 1.50. The Morgan fingerprint density at radius 1 is 1.06 bits per heavy atom. The van der Waals surface area contributed by atoms with Crippen LogP contribution in [0.3, 0.4) is 0 Å². The van der Waals surface area contributed by atoms with E-state index in [1.165, 1.54) is 0 Å². The average molecular weight is 431 g/mol. The Hall–Kier alpha value is -3.61. The molecule has 0 N–H and O–H groups in total. The molecule has 164 valence electrons. The SMILES string of the molecule is COc1ccc(-c2nc(C(C)C)nc3c2CN(C(=O)c2ccc4c(c2)OCO4)CC3)cc1. The second-order valence-electron chi connectivity index (χ2n) is 8.28. The Morgan fingerprint density at radius 3 is 2.59 bits per heavy atom. The van der Waals surface area contributed by atoms with Gasteiger partial charge in [-0.3, -0.25) is 4.79 Å². The maximum atomic E-state index is 13.3. The van der Waals surface area contributed by atoms with Gasteiger partial charge >= 0.3 is 0 Å². The summed E-state index contributed by atoms with van der Waals surface area (Å²) in [7, 11) is 1.65. The summed E-state index contributed by atoms with van der Waals surface area (Å²) < 4.78 is 16.1. The van der Waals surface area contributed by atoms with E-state index in [0.717, 1.165) is 34.1 Å². The zero-order valence-electron chi connectivity index (χ0n) is 18.4. The van der Waals surface area contributed by atoms with Gasteiger partial charge in [0.2, 0.25) is 6.79 Å². The fourth-order valence-corrected chi connectivity index (χ4v) is 4.06. The summed E-state index contributed by atoms with van der Waals surface area (Å²) in [5.74, 6) is 3.07. The van der Waals surface area contributed by atoms with Crippen LogP contribution in [0.25, 0.3) is 11.3 Å². The molecular formula is C25H25N3O4. The van der Waals surface area contributed by atoms with E-state index in [-0.39, 0.29) is 18.6 Å². The number of rotatable bonds is 4. The van der Waals surface area contributed by atoms with Crippen LogP contribution in [0.2, 0.25) is 0 Å². The first-order valence-corrected chi connectivity index (χ1v) is 10.8. The van der Waals surface area contributed by atoms with Crippen molar-refractivity contribution in [2.75, 3.05) is 20.4 Å². The van der Waals surface area contributed by atoms with Crippen LogP contribution in [0.1, 0.15) is 47.2 Å². The Morgan fingerprint density at radius 2 is 1.84 bits per heavy atom.